The number of benzene rings is 2. The first-order valence-corrected chi connectivity index (χ1v) is 10.3. The Balaban J connectivity index is 1.79. The Kier molecular flexibility index (Phi) is 9.92. The van der Waals surface area contributed by atoms with Gasteiger partial charge in [-0.3, -0.25) is 4.79 Å². The highest BCUT2D eigenvalue weighted by Gasteiger charge is 2.10. The maximum absolute atomic E-state index is 11.5. The summed E-state index contributed by atoms with van der Waals surface area (Å²) in [6, 6.07) is 15.6. The third-order valence-corrected chi connectivity index (χ3v) is 4.61. The summed E-state index contributed by atoms with van der Waals surface area (Å²) in [5.74, 6) is 0.943. The fourth-order valence-electron chi connectivity index (χ4n) is 3.15. The van der Waals surface area contributed by atoms with Crippen molar-refractivity contribution < 1.29 is 14.3 Å². The first-order chi connectivity index (χ1) is 13.7. The summed E-state index contributed by atoms with van der Waals surface area (Å²) in [6.45, 7) is 5.85. The Morgan fingerprint density at radius 2 is 1.61 bits per heavy atom. The molecule has 0 fully saturated rings. The minimum atomic E-state index is -0.331. The summed E-state index contributed by atoms with van der Waals surface area (Å²) in [7, 11) is 0. The second-order valence-electron chi connectivity index (χ2n) is 7.02. The van der Waals surface area contributed by atoms with Crippen LogP contribution in [0.15, 0.2) is 61.2 Å². The average molecular weight is 381 g/mol. The maximum Gasteiger partial charge on any atom is 0.308 e. The number of hydrogen-bond donors (Lipinski definition) is 0. The van der Waals surface area contributed by atoms with Gasteiger partial charge in [-0.2, -0.15) is 0 Å². The van der Waals surface area contributed by atoms with Gasteiger partial charge in [-0.05, 0) is 37.0 Å². The molecule has 0 unspecified atom stereocenters. The number of esters is 1. The molecule has 0 spiro atoms. The molecule has 0 saturated carbocycles. The Hall–Kier alpha value is -2.55. The van der Waals surface area contributed by atoms with E-state index in [0.717, 1.165) is 29.7 Å². The zero-order valence-electron chi connectivity index (χ0n) is 17.0. The minimum absolute atomic E-state index is 0.331. The normalized spacial score (nSPS) is 10.5. The van der Waals surface area contributed by atoms with Crippen LogP contribution in [-0.2, 0) is 4.79 Å². The number of carbonyl (C=O) groups excluding carboxylic acids is 1. The monoisotopic (exact) mass is 380 g/mol. The molecule has 0 bridgehead atoms. The van der Waals surface area contributed by atoms with E-state index in [4.69, 9.17) is 9.47 Å². The summed E-state index contributed by atoms with van der Waals surface area (Å²) in [4.78, 5) is 11.5. The van der Waals surface area contributed by atoms with Gasteiger partial charge in [0.05, 0.1) is 6.61 Å². The van der Waals surface area contributed by atoms with Gasteiger partial charge < -0.3 is 9.47 Å². The number of hydrogen-bond acceptors (Lipinski definition) is 3. The van der Waals surface area contributed by atoms with Crippen LogP contribution in [0.3, 0.4) is 0 Å². The predicted octanol–water partition coefficient (Wildman–Crippen LogP) is 6.96. The van der Waals surface area contributed by atoms with Crippen LogP contribution in [-0.4, -0.2) is 12.6 Å². The predicted molar refractivity (Wildman–Crippen MR) is 116 cm³/mol. The number of rotatable bonds is 13. The van der Waals surface area contributed by atoms with Crippen LogP contribution in [0.25, 0.3) is 11.1 Å². The average Bonchev–Trinajstić information content (AvgIpc) is 2.70. The molecule has 0 aliphatic heterocycles. The Morgan fingerprint density at radius 1 is 0.929 bits per heavy atom. The lowest BCUT2D eigenvalue weighted by Crippen LogP contribution is -2.04. The van der Waals surface area contributed by atoms with E-state index in [2.05, 4.69) is 6.58 Å². The third kappa shape index (κ3) is 7.99. The highest BCUT2D eigenvalue weighted by atomic mass is 16.5. The van der Waals surface area contributed by atoms with Crippen LogP contribution in [0.4, 0.5) is 0 Å². The van der Waals surface area contributed by atoms with E-state index in [1.165, 1.54) is 45.4 Å². The summed E-state index contributed by atoms with van der Waals surface area (Å²) in [5.41, 5.74) is 1.90. The molecule has 0 aliphatic carbocycles. The van der Waals surface area contributed by atoms with Crippen LogP contribution in [0, 0.1) is 0 Å². The first kappa shape index (κ1) is 21.7. The number of unbranched alkanes of at least 4 members (excludes halogenated alkanes) is 7. The SMILES string of the molecule is C=CCCCCCCCCCOc1ccc(-c2ccccc2)c(OC(C)=O)c1. The van der Waals surface area contributed by atoms with Crippen molar-refractivity contribution in [3.05, 3.63) is 61.2 Å². The third-order valence-electron chi connectivity index (χ3n) is 4.61. The van der Waals surface area contributed by atoms with Crippen LogP contribution in [0.1, 0.15) is 58.3 Å². The zero-order chi connectivity index (χ0) is 20.0. The Labute approximate surface area is 169 Å². The van der Waals surface area contributed by atoms with Crippen LogP contribution >= 0.6 is 0 Å². The molecule has 28 heavy (non-hydrogen) atoms. The van der Waals surface area contributed by atoms with E-state index in [1.54, 1.807) is 0 Å². The highest BCUT2D eigenvalue weighted by molar-refractivity contribution is 5.77. The van der Waals surface area contributed by atoms with Gasteiger partial charge in [-0.25, -0.2) is 0 Å². The second kappa shape index (κ2) is 12.8. The van der Waals surface area contributed by atoms with Gasteiger partial charge >= 0.3 is 5.97 Å². The number of allylic oxidation sites excluding steroid dienone is 1. The molecule has 2 aromatic carbocycles. The van der Waals surface area contributed by atoms with Gasteiger partial charge in [-0.15, -0.1) is 6.58 Å². The molecule has 0 saturated heterocycles. The second-order valence-corrected chi connectivity index (χ2v) is 7.02. The molecule has 0 aromatic heterocycles. The molecular formula is C25H32O3. The van der Waals surface area contributed by atoms with Gasteiger partial charge in [0.25, 0.3) is 0 Å². The van der Waals surface area contributed by atoms with Crippen molar-refractivity contribution >= 4 is 5.97 Å². The topological polar surface area (TPSA) is 35.5 Å². The summed E-state index contributed by atoms with van der Waals surface area (Å²) < 4.78 is 11.3. The van der Waals surface area contributed by atoms with Gasteiger partial charge in [0, 0.05) is 18.6 Å². The molecule has 0 amide bonds. The summed E-state index contributed by atoms with van der Waals surface area (Å²) in [5, 5.41) is 0. The van der Waals surface area contributed by atoms with Crippen molar-refractivity contribution in [3.63, 3.8) is 0 Å². The van der Waals surface area contributed by atoms with E-state index >= 15 is 0 Å². The lowest BCUT2D eigenvalue weighted by Gasteiger charge is -2.12. The number of ether oxygens (including phenoxy) is 2. The maximum atomic E-state index is 11.5. The standard InChI is InChI=1S/C25H32O3/c1-3-4-5-6-7-8-9-10-14-19-27-23-17-18-24(22-15-12-11-13-16-22)25(20-23)28-21(2)26/h3,11-13,15-18,20H,1,4-10,14,19H2,2H3. The molecule has 0 N–H and O–H groups in total. The molecule has 2 rings (SSSR count). The smallest absolute Gasteiger partial charge is 0.308 e. The molecule has 0 heterocycles. The number of carbonyl (C=O) groups is 1. The van der Waals surface area contributed by atoms with Crippen molar-refractivity contribution in [2.75, 3.05) is 6.61 Å². The fourth-order valence-corrected chi connectivity index (χ4v) is 3.15. The molecule has 0 radical (unpaired) electrons. The zero-order valence-corrected chi connectivity index (χ0v) is 17.0. The Morgan fingerprint density at radius 3 is 2.29 bits per heavy atom. The van der Waals surface area contributed by atoms with Gasteiger partial charge in [-0.1, -0.05) is 68.5 Å². The van der Waals surface area contributed by atoms with Crippen molar-refractivity contribution in [2.45, 2.75) is 58.3 Å². The molecular weight excluding hydrogens is 348 g/mol. The first-order valence-electron chi connectivity index (χ1n) is 10.3. The Bertz CT molecular complexity index is 722. The van der Waals surface area contributed by atoms with E-state index in [0.29, 0.717) is 12.4 Å². The van der Waals surface area contributed by atoms with E-state index in [1.807, 2.05) is 54.6 Å². The van der Waals surface area contributed by atoms with Crippen molar-refractivity contribution in [2.24, 2.45) is 0 Å². The quantitative estimate of drug-likeness (QED) is 0.163. The van der Waals surface area contributed by atoms with Crippen molar-refractivity contribution in [1.29, 1.82) is 0 Å². The lowest BCUT2D eigenvalue weighted by atomic mass is 10.0. The van der Waals surface area contributed by atoms with Crippen LogP contribution in [0.5, 0.6) is 11.5 Å². The largest absolute Gasteiger partial charge is 0.493 e. The van der Waals surface area contributed by atoms with Crippen LogP contribution < -0.4 is 9.47 Å². The molecule has 3 heteroatoms. The van der Waals surface area contributed by atoms with E-state index in [-0.39, 0.29) is 5.97 Å². The minimum Gasteiger partial charge on any atom is -0.493 e. The lowest BCUT2D eigenvalue weighted by molar-refractivity contribution is -0.131. The van der Waals surface area contributed by atoms with E-state index in [9.17, 15) is 4.79 Å². The van der Waals surface area contributed by atoms with Gasteiger partial charge in [0.2, 0.25) is 0 Å². The molecule has 150 valence electrons. The molecule has 2 aromatic rings. The van der Waals surface area contributed by atoms with Crippen molar-refractivity contribution in [1.82, 2.24) is 0 Å². The van der Waals surface area contributed by atoms with Gasteiger partial charge in [0.1, 0.15) is 11.5 Å². The van der Waals surface area contributed by atoms with Gasteiger partial charge in [0.15, 0.2) is 0 Å². The van der Waals surface area contributed by atoms with Crippen LogP contribution in [0.2, 0.25) is 0 Å². The molecule has 3 nitrogen and oxygen atoms in total. The summed E-state index contributed by atoms with van der Waals surface area (Å²) in [6.07, 6.45) is 11.8. The van der Waals surface area contributed by atoms with E-state index < -0.39 is 0 Å². The fraction of sp³-hybridized carbons (Fsp3) is 0.400. The highest BCUT2D eigenvalue weighted by Crippen LogP contribution is 2.33. The molecule has 0 aliphatic rings. The van der Waals surface area contributed by atoms with Crippen molar-refractivity contribution in [3.8, 4) is 22.6 Å². The summed E-state index contributed by atoms with van der Waals surface area (Å²) >= 11 is 0. The molecule has 0 atom stereocenters.